The van der Waals surface area contributed by atoms with Crippen molar-refractivity contribution < 1.29 is 4.74 Å². The maximum Gasteiger partial charge on any atom is 0.259 e. The van der Waals surface area contributed by atoms with Gasteiger partial charge in [-0.3, -0.25) is 0 Å². The summed E-state index contributed by atoms with van der Waals surface area (Å²) >= 11 is 17.8. The predicted molar refractivity (Wildman–Crippen MR) is 88.9 cm³/mol. The van der Waals surface area contributed by atoms with E-state index in [0.29, 0.717) is 26.6 Å². The molecular formula is C14H15Cl2N3OS. The summed E-state index contributed by atoms with van der Waals surface area (Å²) in [4.78, 5) is 6.03. The van der Waals surface area contributed by atoms with Crippen LogP contribution < -0.4 is 0 Å². The van der Waals surface area contributed by atoms with Gasteiger partial charge in [0.2, 0.25) is 0 Å². The summed E-state index contributed by atoms with van der Waals surface area (Å²) in [5.74, 6) is 0.675. The van der Waals surface area contributed by atoms with Crippen LogP contribution in [0.25, 0.3) is 0 Å². The quantitative estimate of drug-likeness (QED) is 0.795. The molecule has 0 spiro atoms. The second-order valence-electron chi connectivity index (χ2n) is 4.69. The fourth-order valence-electron chi connectivity index (χ4n) is 1.84. The molecule has 0 radical (unpaired) electrons. The van der Waals surface area contributed by atoms with Crippen LogP contribution in [0.1, 0.15) is 17.5 Å². The van der Waals surface area contributed by atoms with Crippen LogP contribution in [-0.4, -0.2) is 33.7 Å². The molecule has 4 nitrogen and oxygen atoms in total. The zero-order chi connectivity index (χ0) is 15.6. The first-order chi connectivity index (χ1) is 9.91. The number of hydrogen-bond acceptors (Lipinski definition) is 3. The lowest BCUT2D eigenvalue weighted by atomic mass is 10.1. The summed E-state index contributed by atoms with van der Waals surface area (Å²) in [6.45, 7) is 0. The minimum Gasteiger partial charge on any atom is -0.454 e. The molecule has 2 aromatic rings. The zero-order valence-corrected chi connectivity index (χ0v) is 14.2. The second kappa shape index (κ2) is 6.64. The zero-order valence-electron chi connectivity index (χ0n) is 11.9. The van der Waals surface area contributed by atoms with Crippen LogP contribution in [0.3, 0.4) is 0 Å². The molecule has 0 aliphatic carbocycles. The van der Waals surface area contributed by atoms with Crippen LogP contribution in [-0.2, 0) is 11.8 Å². The van der Waals surface area contributed by atoms with Gasteiger partial charge in [0.1, 0.15) is 0 Å². The summed E-state index contributed by atoms with van der Waals surface area (Å²) < 4.78 is 7.74. The SMILES string of the molecule is CN(C)C(=S)OC(c1c(Cl)cccc1Cl)c1nccn1C. The van der Waals surface area contributed by atoms with Crippen LogP contribution >= 0.6 is 35.4 Å². The van der Waals surface area contributed by atoms with Crippen LogP contribution in [0.2, 0.25) is 10.0 Å². The fraction of sp³-hybridized carbons (Fsp3) is 0.286. The molecule has 0 aliphatic heterocycles. The van der Waals surface area contributed by atoms with E-state index in [4.69, 9.17) is 40.2 Å². The van der Waals surface area contributed by atoms with E-state index in [1.54, 1.807) is 29.3 Å². The van der Waals surface area contributed by atoms with Crippen molar-refractivity contribution in [2.75, 3.05) is 14.1 Å². The van der Waals surface area contributed by atoms with E-state index >= 15 is 0 Å². The number of nitrogens with zero attached hydrogens (tertiary/aromatic N) is 3. The molecule has 0 N–H and O–H groups in total. The van der Waals surface area contributed by atoms with E-state index in [9.17, 15) is 0 Å². The Balaban J connectivity index is 2.51. The Labute approximate surface area is 139 Å². The van der Waals surface area contributed by atoms with Gasteiger partial charge in [-0.05, 0) is 24.4 Å². The Bertz CT molecular complexity index is 637. The average molecular weight is 344 g/mol. The van der Waals surface area contributed by atoms with Crippen molar-refractivity contribution in [3.05, 3.63) is 52.0 Å². The van der Waals surface area contributed by atoms with Crippen molar-refractivity contribution in [1.82, 2.24) is 14.5 Å². The Morgan fingerprint density at radius 1 is 1.33 bits per heavy atom. The molecular weight excluding hydrogens is 329 g/mol. The Morgan fingerprint density at radius 2 is 1.95 bits per heavy atom. The highest BCUT2D eigenvalue weighted by molar-refractivity contribution is 7.80. The lowest BCUT2D eigenvalue weighted by molar-refractivity contribution is 0.195. The fourth-order valence-corrected chi connectivity index (χ4v) is 2.53. The van der Waals surface area contributed by atoms with Gasteiger partial charge in [-0.15, -0.1) is 0 Å². The molecule has 1 heterocycles. The third-order valence-corrected chi connectivity index (χ3v) is 4.06. The van der Waals surface area contributed by atoms with Gasteiger partial charge in [0, 0.05) is 49.1 Å². The molecule has 0 aliphatic rings. The highest BCUT2D eigenvalue weighted by Gasteiger charge is 2.26. The number of aryl methyl sites for hydroxylation is 1. The molecule has 0 saturated heterocycles. The molecule has 1 aromatic heterocycles. The molecule has 112 valence electrons. The van der Waals surface area contributed by atoms with Crippen LogP contribution in [0.15, 0.2) is 30.6 Å². The van der Waals surface area contributed by atoms with Crippen molar-refractivity contribution in [1.29, 1.82) is 0 Å². The molecule has 0 fully saturated rings. The van der Waals surface area contributed by atoms with Gasteiger partial charge in [-0.1, -0.05) is 29.3 Å². The number of aromatic nitrogens is 2. The van der Waals surface area contributed by atoms with E-state index in [2.05, 4.69) is 4.98 Å². The van der Waals surface area contributed by atoms with E-state index in [1.165, 1.54) is 0 Å². The summed E-state index contributed by atoms with van der Waals surface area (Å²) in [6.07, 6.45) is 2.95. The van der Waals surface area contributed by atoms with Gasteiger partial charge < -0.3 is 14.2 Å². The first-order valence-electron chi connectivity index (χ1n) is 6.21. The maximum atomic E-state index is 6.30. The standard InChI is InChI=1S/C14H15Cl2N3OS/c1-18(2)14(21)20-12(13-17-7-8-19(13)3)11-9(15)5-4-6-10(11)16/h4-8,12H,1-3H3. The summed E-state index contributed by atoms with van der Waals surface area (Å²) in [5, 5.41) is 1.35. The van der Waals surface area contributed by atoms with Crippen LogP contribution in [0, 0.1) is 0 Å². The van der Waals surface area contributed by atoms with E-state index in [0.717, 1.165) is 0 Å². The summed E-state index contributed by atoms with van der Waals surface area (Å²) in [6, 6.07) is 5.31. The first-order valence-corrected chi connectivity index (χ1v) is 7.37. The number of hydrogen-bond donors (Lipinski definition) is 0. The minimum absolute atomic E-state index is 0.332. The highest BCUT2D eigenvalue weighted by atomic mass is 35.5. The van der Waals surface area contributed by atoms with Crippen molar-refractivity contribution in [3.63, 3.8) is 0 Å². The van der Waals surface area contributed by atoms with Gasteiger partial charge >= 0.3 is 0 Å². The largest absolute Gasteiger partial charge is 0.454 e. The molecule has 1 aromatic carbocycles. The van der Waals surface area contributed by atoms with Crippen LogP contribution in [0.4, 0.5) is 0 Å². The third kappa shape index (κ3) is 3.48. The van der Waals surface area contributed by atoms with E-state index < -0.39 is 6.10 Å². The summed E-state index contributed by atoms with van der Waals surface area (Å²) in [7, 11) is 5.50. The van der Waals surface area contributed by atoms with Gasteiger partial charge in [0.25, 0.3) is 5.17 Å². The van der Waals surface area contributed by atoms with Gasteiger partial charge in [-0.2, -0.15) is 0 Å². The van der Waals surface area contributed by atoms with Gasteiger partial charge in [0.15, 0.2) is 11.9 Å². The maximum absolute atomic E-state index is 6.30. The lowest BCUT2D eigenvalue weighted by Gasteiger charge is -2.24. The second-order valence-corrected chi connectivity index (χ2v) is 5.85. The van der Waals surface area contributed by atoms with Gasteiger partial charge in [0.05, 0.1) is 0 Å². The molecule has 2 rings (SSSR count). The minimum atomic E-state index is -0.568. The van der Waals surface area contributed by atoms with Crippen molar-refractivity contribution in [2.45, 2.75) is 6.10 Å². The molecule has 0 amide bonds. The number of halogens is 2. The number of imidazole rings is 1. The van der Waals surface area contributed by atoms with Gasteiger partial charge in [-0.25, -0.2) is 4.98 Å². The highest BCUT2D eigenvalue weighted by Crippen LogP contribution is 2.36. The molecule has 7 heteroatoms. The Morgan fingerprint density at radius 3 is 2.43 bits per heavy atom. The van der Waals surface area contributed by atoms with E-state index in [1.807, 2.05) is 31.9 Å². The number of ether oxygens (including phenoxy) is 1. The normalized spacial score (nSPS) is 12.0. The molecule has 0 bridgehead atoms. The molecule has 1 unspecified atom stereocenters. The number of rotatable bonds is 3. The Kier molecular flexibility index (Phi) is 5.08. The number of thiocarbonyl (C=S) groups is 1. The third-order valence-electron chi connectivity index (χ3n) is 2.94. The lowest BCUT2D eigenvalue weighted by Crippen LogP contribution is -2.26. The van der Waals surface area contributed by atoms with Crippen molar-refractivity contribution in [3.8, 4) is 0 Å². The smallest absolute Gasteiger partial charge is 0.259 e. The van der Waals surface area contributed by atoms with Crippen LogP contribution in [0.5, 0.6) is 0 Å². The molecule has 0 saturated carbocycles. The molecule has 1 atom stereocenters. The molecule has 21 heavy (non-hydrogen) atoms. The summed E-state index contributed by atoms with van der Waals surface area (Å²) in [5.41, 5.74) is 0.652. The number of benzene rings is 1. The van der Waals surface area contributed by atoms with E-state index in [-0.39, 0.29) is 0 Å². The Hall–Kier alpha value is -1.30. The topological polar surface area (TPSA) is 30.3 Å². The van der Waals surface area contributed by atoms with Crippen molar-refractivity contribution in [2.24, 2.45) is 7.05 Å². The monoisotopic (exact) mass is 343 g/mol. The average Bonchev–Trinajstić information content (AvgIpc) is 2.83. The first kappa shape index (κ1) is 16.1. The predicted octanol–water partition coefficient (Wildman–Crippen LogP) is 3.68. The van der Waals surface area contributed by atoms with Crippen molar-refractivity contribution >= 4 is 40.6 Å².